The highest BCUT2D eigenvalue weighted by Gasteiger charge is 2.19. The van der Waals surface area contributed by atoms with Gasteiger partial charge < -0.3 is 20.9 Å². The summed E-state index contributed by atoms with van der Waals surface area (Å²) in [5.41, 5.74) is 10.9. The number of nitro benzene ring substituents is 2. The van der Waals surface area contributed by atoms with Crippen LogP contribution in [-0.4, -0.2) is 48.2 Å². The monoisotopic (exact) mass is 737 g/mol. The second kappa shape index (κ2) is 16.4. The fourth-order valence-electron chi connectivity index (χ4n) is 4.78. The van der Waals surface area contributed by atoms with Crippen molar-refractivity contribution in [3.63, 3.8) is 0 Å². The topological polar surface area (TPSA) is 254 Å². The van der Waals surface area contributed by atoms with Crippen molar-refractivity contribution < 1.29 is 28.9 Å². The molecule has 2 amide bonds. The maximum atomic E-state index is 11.8. The van der Waals surface area contributed by atoms with Crippen LogP contribution in [0.2, 0.25) is 0 Å². The van der Waals surface area contributed by atoms with E-state index in [2.05, 4.69) is 25.6 Å². The van der Waals surface area contributed by atoms with Gasteiger partial charge in [-0.1, -0.05) is 0 Å². The van der Waals surface area contributed by atoms with Crippen LogP contribution in [-0.2, 0) is 9.47 Å². The fraction of sp³-hybridized carbons (Fsp3) is 0.216. The number of nitrogens with one attached hydrogen (secondary N) is 2. The number of nitrogens with zero attached hydrogens (tertiary/aromatic N) is 5. The zero-order valence-corrected chi connectivity index (χ0v) is 30.3. The van der Waals surface area contributed by atoms with Crippen molar-refractivity contribution in [1.29, 1.82) is 0 Å². The van der Waals surface area contributed by atoms with E-state index in [1.807, 2.05) is 39.0 Å². The van der Waals surface area contributed by atoms with Crippen LogP contribution in [0.1, 0.15) is 41.5 Å². The molecule has 6 rings (SSSR count). The summed E-state index contributed by atoms with van der Waals surface area (Å²) in [5, 5.41) is 30.9. The van der Waals surface area contributed by atoms with Crippen molar-refractivity contribution in [2.75, 3.05) is 22.1 Å². The highest BCUT2D eigenvalue weighted by Crippen LogP contribution is 2.27. The number of carbonyl (C=O) groups is 2. The van der Waals surface area contributed by atoms with Gasteiger partial charge in [0, 0.05) is 64.7 Å². The van der Waals surface area contributed by atoms with Crippen molar-refractivity contribution in [3.8, 4) is 0 Å². The number of benzene rings is 3. The van der Waals surface area contributed by atoms with Crippen molar-refractivity contribution >= 4 is 79.0 Å². The Morgan fingerprint density at radius 3 is 1.43 bits per heavy atom. The molecule has 0 aliphatic carbocycles. The Bertz CT molecular complexity index is 2360. The van der Waals surface area contributed by atoms with Crippen LogP contribution < -0.4 is 22.1 Å². The average molecular weight is 738 g/mol. The molecule has 0 atom stereocenters. The molecule has 0 bridgehead atoms. The van der Waals surface area contributed by atoms with Gasteiger partial charge in [-0.05, 0) is 106 Å². The summed E-state index contributed by atoms with van der Waals surface area (Å²) in [6, 6.07) is 19.4. The lowest BCUT2D eigenvalue weighted by Gasteiger charge is -2.19. The van der Waals surface area contributed by atoms with Gasteiger partial charge in [-0.15, -0.1) is 0 Å². The third-order valence-electron chi connectivity index (χ3n) is 6.98. The van der Waals surface area contributed by atoms with Crippen LogP contribution in [0, 0.1) is 20.2 Å². The molecule has 6 N–H and O–H groups in total. The number of hydrogen-bond donors (Lipinski definition) is 4. The Hall–Kier alpha value is -7.17. The molecule has 280 valence electrons. The van der Waals surface area contributed by atoms with Gasteiger partial charge in [0.15, 0.2) is 0 Å². The lowest BCUT2D eigenvalue weighted by molar-refractivity contribution is -0.384. The van der Waals surface area contributed by atoms with Crippen molar-refractivity contribution in [1.82, 2.24) is 15.0 Å². The number of nitrogen functional groups attached to an aromatic ring is 2. The van der Waals surface area contributed by atoms with E-state index in [1.165, 1.54) is 36.7 Å². The zero-order chi connectivity index (χ0) is 39.8. The Kier molecular flexibility index (Phi) is 12.1. The number of nitrogens with two attached hydrogens (primary N) is 2. The smallest absolute Gasteiger partial charge is 0.413 e. The number of hydrogen-bond acceptors (Lipinski definition) is 13. The molecule has 0 spiro atoms. The number of non-ortho nitro benzene ring substituents is 2. The maximum Gasteiger partial charge on any atom is 0.413 e. The molecule has 54 heavy (non-hydrogen) atoms. The number of nitro groups is 2. The van der Waals surface area contributed by atoms with E-state index in [0.717, 1.165) is 21.5 Å². The molecule has 17 heteroatoms. The van der Waals surface area contributed by atoms with Crippen LogP contribution in [0.4, 0.5) is 44.1 Å². The number of anilines is 4. The van der Waals surface area contributed by atoms with E-state index in [0.29, 0.717) is 33.9 Å². The molecular formula is C37H39N9O8. The molecule has 0 saturated carbocycles. The molecule has 0 aliphatic rings. The van der Waals surface area contributed by atoms with E-state index in [4.69, 9.17) is 20.9 Å². The Labute approximate surface area is 309 Å². The number of amides is 2. The van der Waals surface area contributed by atoms with Gasteiger partial charge in [0.25, 0.3) is 11.4 Å². The maximum absolute atomic E-state index is 11.8. The molecule has 3 aromatic heterocycles. The molecule has 0 radical (unpaired) electrons. The van der Waals surface area contributed by atoms with Gasteiger partial charge >= 0.3 is 12.2 Å². The SMILES string of the molecule is CC(C)(C)OC(=O)Nc1nccc2cc(N)ccc12.CC(C)(C)OC(=O)Nc1nccc2cc([N+](=O)[O-])ccc12.Nc1nccc2cc([N+](=O)[O-])ccc12. The number of rotatable bonds is 4. The Balaban J connectivity index is 0.000000184. The minimum atomic E-state index is -0.624. The highest BCUT2D eigenvalue weighted by molar-refractivity contribution is 6.00. The normalized spacial score (nSPS) is 11.0. The zero-order valence-electron chi connectivity index (χ0n) is 30.3. The van der Waals surface area contributed by atoms with E-state index in [9.17, 15) is 29.8 Å². The second-order valence-corrected chi connectivity index (χ2v) is 13.6. The third kappa shape index (κ3) is 11.2. The summed E-state index contributed by atoms with van der Waals surface area (Å²) in [4.78, 5) is 56.0. The minimum absolute atomic E-state index is 0.0167. The number of aromatic nitrogens is 3. The largest absolute Gasteiger partial charge is 0.444 e. The van der Waals surface area contributed by atoms with Crippen molar-refractivity contribution in [2.24, 2.45) is 0 Å². The van der Waals surface area contributed by atoms with Crippen molar-refractivity contribution in [3.05, 3.63) is 112 Å². The first-order valence-electron chi connectivity index (χ1n) is 16.3. The first kappa shape index (κ1) is 39.6. The minimum Gasteiger partial charge on any atom is -0.444 e. The average Bonchev–Trinajstić information content (AvgIpc) is 3.07. The first-order valence-corrected chi connectivity index (χ1v) is 16.3. The van der Waals surface area contributed by atoms with Gasteiger partial charge in [-0.2, -0.15) is 0 Å². The summed E-state index contributed by atoms with van der Waals surface area (Å²) in [6.45, 7) is 10.7. The van der Waals surface area contributed by atoms with Crippen LogP contribution in [0.25, 0.3) is 32.3 Å². The van der Waals surface area contributed by atoms with E-state index in [1.54, 1.807) is 57.3 Å². The number of fused-ring (bicyclic) bond motifs is 3. The van der Waals surface area contributed by atoms with Crippen molar-refractivity contribution in [2.45, 2.75) is 52.7 Å². The predicted molar refractivity (Wildman–Crippen MR) is 207 cm³/mol. The van der Waals surface area contributed by atoms with Gasteiger partial charge in [0.05, 0.1) is 9.85 Å². The lowest BCUT2D eigenvalue weighted by Crippen LogP contribution is -2.27. The molecule has 3 aromatic carbocycles. The lowest BCUT2D eigenvalue weighted by atomic mass is 10.1. The number of carbonyl (C=O) groups excluding carboxylic acids is 2. The Morgan fingerprint density at radius 2 is 0.981 bits per heavy atom. The summed E-state index contributed by atoms with van der Waals surface area (Å²) in [6.07, 6.45) is 3.47. The standard InChI is InChI=1S/C14H15N3O4.C14H17N3O2.C9H7N3O2/c1-14(2,3)21-13(18)16-12-11-5-4-10(17(19)20)8-9(11)6-7-15-12;1-14(2,3)19-13(18)17-12-11-5-4-10(15)8-9(11)6-7-16-12;10-9-8-2-1-7(12(13)14)5-6(8)3-4-11-9/h4-8H,1-3H3,(H,15,16,18);4-8H,15H2,1-3H3,(H,16,17,18);1-5H,(H2,10,11). The molecule has 17 nitrogen and oxygen atoms in total. The van der Waals surface area contributed by atoms with E-state index in [-0.39, 0.29) is 11.4 Å². The first-order chi connectivity index (χ1) is 25.3. The molecular weight excluding hydrogens is 698 g/mol. The van der Waals surface area contributed by atoms with Crippen LogP contribution in [0.5, 0.6) is 0 Å². The molecule has 0 aliphatic heterocycles. The van der Waals surface area contributed by atoms with Gasteiger partial charge in [-0.25, -0.2) is 24.5 Å². The molecule has 0 fully saturated rings. The fourth-order valence-corrected chi connectivity index (χ4v) is 4.78. The number of pyridine rings is 3. The highest BCUT2D eigenvalue weighted by atomic mass is 16.6. The van der Waals surface area contributed by atoms with Gasteiger partial charge in [0.1, 0.15) is 28.7 Å². The molecule has 6 aromatic rings. The quantitative estimate of drug-likeness (QED) is 0.0754. The third-order valence-corrected chi connectivity index (χ3v) is 6.98. The summed E-state index contributed by atoms with van der Waals surface area (Å²) < 4.78 is 10.4. The van der Waals surface area contributed by atoms with Crippen LogP contribution >= 0.6 is 0 Å². The molecule has 0 saturated heterocycles. The summed E-state index contributed by atoms with van der Waals surface area (Å²) >= 11 is 0. The molecule has 0 unspecified atom stereocenters. The predicted octanol–water partition coefficient (Wildman–Crippen LogP) is 8.38. The van der Waals surface area contributed by atoms with E-state index >= 15 is 0 Å². The van der Waals surface area contributed by atoms with E-state index < -0.39 is 33.2 Å². The Morgan fingerprint density at radius 1 is 0.593 bits per heavy atom. The van der Waals surface area contributed by atoms with Crippen LogP contribution in [0.15, 0.2) is 91.4 Å². The number of ether oxygens (including phenoxy) is 2. The summed E-state index contributed by atoms with van der Waals surface area (Å²) in [5.74, 6) is 1.15. The van der Waals surface area contributed by atoms with Crippen LogP contribution in [0.3, 0.4) is 0 Å². The second-order valence-electron chi connectivity index (χ2n) is 13.6. The summed E-state index contributed by atoms with van der Waals surface area (Å²) in [7, 11) is 0. The van der Waals surface area contributed by atoms with Gasteiger partial charge in [-0.3, -0.25) is 30.9 Å². The van der Waals surface area contributed by atoms with Gasteiger partial charge in [0.2, 0.25) is 0 Å². The molecule has 3 heterocycles.